The molecule has 4 rings (SSSR count). The number of halogens is 5. The van der Waals surface area contributed by atoms with Gasteiger partial charge in [-0.1, -0.05) is 71.7 Å². The summed E-state index contributed by atoms with van der Waals surface area (Å²) in [6, 6.07) is 21.3. The molecule has 0 aliphatic carbocycles. The zero-order valence-corrected chi connectivity index (χ0v) is 25.5. The van der Waals surface area contributed by atoms with Gasteiger partial charge in [-0.05, 0) is 68.5 Å². The van der Waals surface area contributed by atoms with Crippen LogP contribution >= 0.6 is 30.3 Å². The summed E-state index contributed by atoms with van der Waals surface area (Å²) >= 11 is 12.2. The van der Waals surface area contributed by atoms with Gasteiger partial charge < -0.3 is 15.2 Å². The summed E-state index contributed by atoms with van der Waals surface area (Å²) in [5.74, 6) is -1.67. The molecule has 1 fully saturated rings. The average Bonchev–Trinajstić information content (AvgIpc) is 2.97. The van der Waals surface area contributed by atoms with E-state index in [9.17, 15) is 22.5 Å². The highest BCUT2D eigenvalue weighted by Crippen LogP contribution is 2.52. The molecule has 0 aromatic heterocycles. The van der Waals surface area contributed by atoms with Crippen LogP contribution in [-0.4, -0.2) is 36.3 Å². The van der Waals surface area contributed by atoms with E-state index in [0.717, 1.165) is 35.5 Å². The van der Waals surface area contributed by atoms with E-state index in [-0.39, 0.29) is 27.5 Å². The molecule has 0 spiro atoms. The third kappa shape index (κ3) is 7.85. The summed E-state index contributed by atoms with van der Waals surface area (Å²) in [6.45, 7) is 3.43. The first kappa shape index (κ1) is 31.9. The minimum atomic E-state index is -5.08. The molecule has 11 heteroatoms. The SMILES string of the molecule is C/C=C(Cl)\C(=N/C(C)Nc1cccc(C2CCP(=O)(c3ccccc3)CC2)c1)Nc1ccc(Cl)cc1C(=O)C(F)(F)F. The molecule has 5 nitrogen and oxygen atoms in total. The lowest BCUT2D eigenvalue weighted by atomic mass is 9.93. The monoisotopic (exact) mass is 635 g/mol. The number of allylic oxidation sites excluding steroid dienone is 1. The Morgan fingerprint density at radius 3 is 2.38 bits per heavy atom. The number of carbonyl (C=O) groups is 1. The van der Waals surface area contributed by atoms with E-state index in [0.29, 0.717) is 12.3 Å². The molecule has 1 saturated heterocycles. The molecular formula is C31H31Cl2F3N3O2P. The molecule has 1 atom stereocenters. The van der Waals surface area contributed by atoms with Crippen molar-refractivity contribution in [3.8, 4) is 0 Å². The maximum Gasteiger partial charge on any atom is 0.454 e. The first-order valence-electron chi connectivity index (χ1n) is 13.5. The molecule has 0 radical (unpaired) electrons. The molecular weight excluding hydrogens is 605 g/mol. The van der Waals surface area contributed by atoms with Crippen molar-refractivity contribution < 1.29 is 22.5 Å². The van der Waals surface area contributed by atoms with Crippen LogP contribution in [-0.2, 0) is 4.57 Å². The fraction of sp³-hybridized carbons (Fsp3) is 0.290. The summed E-state index contributed by atoms with van der Waals surface area (Å²) in [5.41, 5.74) is 1.17. The smallest absolute Gasteiger partial charge is 0.364 e. The number of carbonyl (C=O) groups excluding carboxylic acids is 1. The number of alkyl halides is 3. The summed E-state index contributed by atoms with van der Waals surface area (Å²) in [5, 5.41) is 7.16. The highest BCUT2D eigenvalue weighted by molar-refractivity contribution is 7.71. The highest BCUT2D eigenvalue weighted by atomic mass is 35.5. The van der Waals surface area contributed by atoms with Gasteiger partial charge >= 0.3 is 6.18 Å². The number of Topliss-reactive ketones (excluding diaryl/α,β-unsaturated/α-hetero) is 1. The van der Waals surface area contributed by atoms with E-state index in [1.54, 1.807) is 19.9 Å². The standard InChI is InChI=1S/C31H31Cl2F3N3O2P/c1-3-27(33)30(39-28-13-12-23(32)19-26(28)29(40)31(34,35)36)38-20(2)37-24-9-7-8-22(18-24)21-14-16-42(41,17-15-21)25-10-5-4-6-11-25/h3-13,18-21,37H,14-17H2,1-2H3,(H,38,39)/b27-3+. The first-order chi connectivity index (χ1) is 19.9. The van der Waals surface area contributed by atoms with Crippen molar-refractivity contribution in [2.45, 2.75) is 44.9 Å². The van der Waals surface area contributed by atoms with Crippen LogP contribution in [0.15, 0.2) is 88.9 Å². The summed E-state index contributed by atoms with van der Waals surface area (Å²) < 4.78 is 53.2. The van der Waals surface area contributed by atoms with Crippen molar-refractivity contribution in [1.82, 2.24) is 0 Å². The van der Waals surface area contributed by atoms with Gasteiger partial charge in [-0.15, -0.1) is 0 Å². The molecule has 0 amide bonds. The van der Waals surface area contributed by atoms with Crippen molar-refractivity contribution in [3.05, 3.63) is 100 Å². The highest BCUT2D eigenvalue weighted by Gasteiger charge is 2.40. The molecule has 3 aromatic rings. The van der Waals surface area contributed by atoms with Gasteiger partial charge in [0.25, 0.3) is 5.78 Å². The summed E-state index contributed by atoms with van der Waals surface area (Å²) in [4.78, 5) is 16.6. The Morgan fingerprint density at radius 1 is 1.05 bits per heavy atom. The number of ketones is 1. The predicted molar refractivity (Wildman–Crippen MR) is 167 cm³/mol. The number of benzene rings is 3. The maximum atomic E-state index is 13.5. The Morgan fingerprint density at radius 2 is 1.74 bits per heavy atom. The van der Waals surface area contributed by atoms with Gasteiger partial charge in [-0.25, -0.2) is 4.99 Å². The van der Waals surface area contributed by atoms with E-state index in [2.05, 4.69) is 21.7 Å². The van der Waals surface area contributed by atoms with Gasteiger partial charge in [0.05, 0.1) is 16.3 Å². The van der Waals surface area contributed by atoms with E-state index in [4.69, 9.17) is 23.2 Å². The van der Waals surface area contributed by atoms with E-state index in [1.165, 1.54) is 12.1 Å². The lowest BCUT2D eigenvalue weighted by molar-refractivity contribution is -0.0884. The van der Waals surface area contributed by atoms with Crippen molar-refractivity contribution in [2.75, 3.05) is 23.0 Å². The lowest BCUT2D eigenvalue weighted by Gasteiger charge is -2.30. The third-order valence-electron chi connectivity index (χ3n) is 7.18. The van der Waals surface area contributed by atoms with Crippen molar-refractivity contribution in [3.63, 3.8) is 0 Å². The number of amidine groups is 1. The summed E-state index contributed by atoms with van der Waals surface area (Å²) in [7, 11) is -2.39. The van der Waals surface area contributed by atoms with E-state index >= 15 is 0 Å². The van der Waals surface area contributed by atoms with Gasteiger partial charge in [0.2, 0.25) is 0 Å². The quantitative estimate of drug-likeness (QED) is 0.112. The van der Waals surface area contributed by atoms with Crippen LogP contribution in [0.25, 0.3) is 0 Å². The molecule has 0 bridgehead atoms. The van der Waals surface area contributed by atoms with E-state index in [1.807, 2.05) is 48.5 Å². The molecule has 1 aliphatic rings. The van der Waals surface area contributed by atoms with Gasteiger partial charge in [-0.2, -0.15) is 13.2 Å². The van der Waals surface area contributed by atoms with Crippen LogP contribution < -0.4 is 15.9 Å². The molecule has 1 unspecified atom stereocenters. The Labute approximate surface area is 253 Å². The van der Waals surface area contributed by atoms with Crippen LogP contribution in [0.1, 0.15) is 48.5 Å². The minimum Gasteiger partial charge on any atom is -0.364 e. The fourth-order valence-electron chi connectivity index (χ4n) is 5.01. The second kappa shape index (κ2) is 13.5. The van der Waals surface area contributed by atoms with Crippen LogP contribution in [0.5, 0.6) is 0 Å². The number of nitrogens with zero attached hydrogens (tertiary/aromatic N) is 1. The number of anilines is 2. The van der Waals surface area contributed by atoms with Gasteiger partial charge in [0.15, 0.2) is 0 Å². The van der Waals surface area contributed by atoms with Crippen molar-refractivity contribution >= 4 is 58.6 Å². The molecule has 0 saturated carbocycles. The van der Waals surface area contributed by atoms with Gasteiger partial charge in [0.1, 0.15) is 19.1 Å². The molecule has 42 heavy (non-hydrogen) atoms. The normalized spacial score (nSPS) is 20.6. The Hall–Kier alpha value is -3.06. The Balaban J connectivity index is 1.49. The Bertz CT molecular complexity index is 1530. The van der Waals surface area contributed by atoms with Crippen LogP contribution in [0.2, 0.25) is 5.02 Å². The van der Waals surface area contributed by atoms with Crippen molar-refractivity contribution in [2.24, 2.45) is 4.99 Å². The van der Waals surface area contributed by atoms with Gasteiger partial charge in [-0.3, -0.25) is 4.79 Å². The number of rotatable bonds is 8. The average molecular weight is 636 g/mol. The number of aliphatic imine (C=N–C) groups is 1. The first-order valence-corrected chi connectivity index (χ1v) is 16.3. The molecule has 3 aromatic carbocycles. The van der Waals surface area contributed by atoms with Crippen molar-refractivity contribution in [1.29, 1.82) is 0 Å². The topological polar surface area (TPSA) is 70.6 Å². The van der Waals surface area contributed by atoms with Crippen LogP contribution in [0.3, 0.4) is 0 Å². The maximum absolute atomic E-state index is 13.5. The fourth-order valence-corrected chi connectivity index (χ4v) is 8.19. The number of hydrogen-bond donors (Lipinski definition) is 2. The number of hydrogen-bond acceptors (Lipinski definition) is 4. The Kier molecular flexibility index (Phi) is 10.2. The van der Waals surface area contributed by atoms with Gasteiger partial charge in [0, 0.05) is 28.3 Å². The zero-order chi connectivity index (χ0) is 30.5. The van der Waals surface area contributed by atoms with Crippen LogP contribution in [0, 0.1) is 0 Å². The predicted octanol–water partition coefficient (Wildman–Crippen LogP) is 9.06. The molecule has 222 valence electrons. The minimum absolute atomic E-state index is 0.0143. The zero-order valence-electron chi connectivity index (χ0n) is 23.1. The largest absolute Gasteiger partial charge is 0.454 e. The van der Waals surface area contributed by atoms with E-state index < -0.39 is 30.8 Å². The number of nitrogens with one attached hydrogen (secondary N) is 2. The molecule has 2 N–H and O–H groups in total. The second-order valence-corrected chi connectivity index (χ2v) is 14.2. The second-order valence-electron chi connectivity index (χ2n) is 10.1. The van der Waals surface area contributed by atoms with Crippen LogP contribution in [0.4, 0.5) is 24.5 Å². The lowest BCUT2D eigenvalue weighted by Crippen LogP contribution is -2.26. The third-order valence-corrected chi connectivity index (χ3v) is 11.0. The molecule has 1 aliphatic heterocycles. The molecule has 1 heterocycles. The summed E-state index contributed by atoms with van der Waals surface area (Å²) in [6.07, 6.45) is -1.10.